The molecular formula is C12H13NO2. The number of anilines is 1. The average Bonchev–Trinajstić information content (AvgIpc) is 2.61. The summed E-state index contributed by atoms with van der Waals surface area (Å²) in [5.74, 6) is -0.550. The van der Waals surface area contributed by atoms with Gasteiger partial charge in [0.15, 0.2) is 0 Å². The Balaban J connectivity index is 2.12. The smallest absolute Gasteiger partial charge is 0.326 e. The van der Waals surface area contributed by atoms with Gasteiger partial charge in [-0.05, 0) is 36.5 Å². The summed E-state index contributed by atoms with van der Waals surface area (Å²) in [6.45, 7) is 0. The molecule has 0 amide bonds. The fourth-order valence-electron chi connectivity index (χ4n) is 2.89. The summed E-state index contributed by atoms with van der Waals surface area (Å²) >= 11 is 0. The molecule has 3 nitrogen and oxygen atoms in total. The molecule has 2 aliphatic rings. The maximum atomic E-state index is 11.1. The third kappa shape index (κ3) is 1.16. The van der Waals surface area contributed by atoms with Gasteiger partial charge < -0.3 is 10.4 Å². The van der Waals surface area contributed by atoms with Crippen LogP contribution < -0.4 is 5.32 Å². The summed E-state index contributed by atoms with van der Waals surface area (Å²) in [7, 11) is 0. The van der Waals surface area contributed by atoms with E-state index in [1.54, 1.807) is 0 Å². The highest BCUT2D eigenvalue weighted by Crippen LogP contribution is 2.44. The molecule has 0 saturated carbocycles. The van der Waals surface area contributed by atoms with Crippen molar-refractivity contribution in [3.05, 3.63) is 29.3 Å². The molecule has 0 bridgehead atoms. The fourth-order valence-corrected chi connectivity index (χ4v) is 2.89. The minimum atomic E-state index is -0.732. The van der Waals surface area contributed by atoms with Crippen LogP contribution in [0.15, 0.2) is 18.2 Å². The van der Waals surface area contributed by atoms with Gasteiger partial charge in [-0.25, -0.2) is 4.79 Å². The zero-order chi connectivity index (χ0) is 10.4. The Morgan fingerprint density at radius 2 is 2.33 bits per heavy atom. The van der Waals surface area contributed by atoms with Crippen LogP contribution in [0.25, 0.3) is 0 Å². The lowest BCUT2D eigenvalue weighted by atomic mass is 9.81. The molecule has 3 heteroatoms. The minimum absolute atomic E-state index is 0.183. The van der Waals surface area contributed by atoms with Gasteiger partial charge in [-0.3, -0.25) is 0 Å². The molecule has 2 atom stereocenters. The van der Waals surface area contributed by atoms with E-state index in [4.69, 9.17) is 5.11 Å². The zero-order valence-corrected chi connectivity index (χ0v) is 8.36. The maximum Gasteiger partial charge on any atom is 0.326 e. The van der Waals surface area contributed by atoms with Gasteiger partial charge in [0.25, 0.3) is 0 Å². The highest BCUT2D eigenvalue weighted by Gasteiger charge is 2.39. The third-order valence-electron chi connectivity index (χ3n) is 3.51. The molecule has 2 unspecified atom stereocenters. The lowest BCUT2D eigenvalue weighted by molar-refractivity contribution is -0.138. The van der Waals surface area contributed by atoms with Crippen molar-refractivity contribution in [2.45, 2.75) is 31.2 Å². The summed E-state index contributed by atoms with van der Waals surface area (Å²) < 4.78 is 0. The second kappa shape index (κ2) is 2.99. The molecule has 0 spiro atoms. The Labute approximate surface area is 88.1 Å². The van der Waals surface area contributed by atoms with Crippen LogP contribution in [-0.2, 0) is 11.2 Å². The van der Waals surface area contributed by atoms with E-state index in [-0.39, 0.29) is 5.92 Å². The van der Waals surface area contributed by atoms with Crippen LogP contribution in [0.5, 0.6) is 0 Å². The predicted octanol–water partition coefficient (Wildman–Crippen LogP) is 1.99. The number of benzene rings is 1. The first-order chi connectivity index (χ1) is 7.27. The Kier molecular flexibility index (Phi) is 1.75. The largest absolute Gasteiger partial charge is 0.480 e. The topological polar surface area (TPSA) is 49.3 Å². The number of aliphatic carboxylic acids is 1. The van der Waals surface area contributed by atoms with Gasteiger partial charge >= 0.3 is 5.97 Å². The SMILES string of the molecule is O=C(O)C1Nc2cccc3c2C1CCC3. The van der Waals surface area contributed by atoms with Crippen molar-refractivity contribution in [3.63, 3.8) is 0 Å². The van der Waals surface area contributed by atoms with E-state index in [0.717, 1.165) is 24.9 Å². The number of carbonyl (C=O) groups is 1. The quantitative estimate of drug-likeness (QED) is 0.733. The molecule has 2 N–H and O–H groups in total. The summed E-state index contributed by atoms with van der Waals surface area (Å²) in [4.78, 5) is 11.1. The molecule has 0 aromatic heterocycles. The average molecular weight is 203 g/mol. The van der Waals surface area contributed by atoms with Crippen molar-refractivity contribution in [1.29, 1.82) is 0 Å². The summed E-state index contributed by atoms with van der Waals surface area (Å²) in [6, 6.07) is 5.70. The van der Waals surface area contributed by atoms with Crippen LogP contribution in [0.4, 0.5) is 5.69 Å². The number of carboxylic acid groups (broad SMARTS) is 1. The van der Waals surface area contributed by atoms with Crippen LogP contribution in [0, 0.1) is 0 Å². The van der Waals surface area contributed by atoms with Crippen molar-refractivity contribution < 1.29 is 9.90 Å². The molecule has 15 heavy (non-hydrogen) atoms. The van der Waals surface area contributed by atoms with Crippen molar-refractivity contribution in [2.24, 2.45) is 0 Å². The summed E-state index contributed by atoms with van der Waals surface area (Å²) in [5, 5.41) is 12.3. The Morgan fingerprint density at radius 3 is 3.13 bits per heavy atom. The highest BCUT2D eigenvalue weighted by molar-refractivity contribution is 5.83. The van der Waals surface area contributed by atoms with E-state index in [0.29, 0.717) is 0 Å². The standard InChI is InChI=1S/C12H13NO2/c14-12(15)11-8-5-1-3-7-4-2-6-9(13-11)10(7)8/h2,4,6,8,11,13H,1,3,5H2,(H,14,15). The van der Waals surface area contributed by atoms with E-state index in [1.165, 1.54) is 11.1 Å². The molecule has 1 aliphatic carbocycles. The van der Waals surface area contributed by atoms with Crippen molar-refractivity contribution in [1.82, 2.24) is 0 Å². The predicted molar refractivity (Wildman–Crippen MR) is 57.2 cm³/mol. The monoisotopic (exact) mass is 203 g/mol. The van der Waals surface area contributed by atoms with Crippen LogP contribution in [0.1, 0.15) is 29.9 Å². The normalized spacial score (nSPS) is 26.9. The van der Waals surface area contributed by atoms with Gasteiger partial charge in [-0.1, -0.05) is 12.1 Å². The van der Waals surface area contributed by atoms with Gasteiger partial charge in [0.2, 0.25) is 0 Å². The molecule has 1 heterocycles. The molecule has 0 fully saturated rings. The second-order valence-electron chi connectivity index (χ2n) is 4.34. The number of rotatable bonds is 1. The van der Waals surface area contributed by atoms with Gasteiger partial charge in [0.05, 0.1) is 0 Å². The molecule has 78 valence electrons. The number of hydrogen-bond acceptors (Lipinski definition) is 2. The lowest BCUT2D eigenvalue weighted by Crippen LogP contribution is -2.31. The van der Waals surface area contributed by atoms with Gasteiger partial charge in [0.1, 0.15) is 6.04 Å². The van der Waals surface area contributed by atoms with Crippen LogP contribution in [-0.4, -0.2) is 17.1 Å². The first-order valence-corrected chi connectivity index (χ1v) is 5.38. The molecular weight excluding hydrogens is 190 g/mol. The number of hydrogen-bond donors (Lipinski definition) is 2. The lowest BCUT2D eigenvalue weighted by Gasteiger charge is -2.22. The van der Waals surface area contributed by atoms with Crippen LogP contribution in [0.3, 0.4) is 0 Å². The molecule has 3 rings (SSSR count). The first kappa shape index (κ1) is 8.77. The van der Waals surface area contributed by atoms with Crippen molar-refractivity contribution in [2.75, 3.05) is 5.32 Å². The Hall–Kier alpha value is -1.51. The number of aryl methyl sites for hydroxylation is 1. The second-order valence-corrected chi connectivity index (χ2v) is 4.34. The van der Waals surface area contributed by atoms with E-state index in [1.807, 2.05) is 12.1 Å². The summed E-state index contributed by atoms with van der Waals surface area (Å²) in [5.41, 5.74) is 3.63. The van der Waals surface area contributed by atoms with Crippen molar-refractivity contribution in [3.8, 4) is 0 Å². The van der Waals surface area contributed by atoms with Crippen LogP contribution >= 0.6 is 0 Å². The Bertz CT molecular complexity index is 428. The van der Waals surface area contributed by atoms with Crippen molar-refractivity contribution >= 4 is 11.7 Å². The van der Waals surface area contributed by atoms with E-state index in [2.05, 4.69) is 11.4 Å². The molecule has 1 aliphatic heterocycles. The Morgan fingerprint density at radius 1 is 1.47 bits per heavy atom. The molecule has 0 radical (unpaired) electrons. The van der Waals surface area contributed by atoms with Crippen LogP contribution in [0.2, 0.25) is 0 Å². The van der Waals surface area contributed by atoms with Gasteiger partial charge in [-0.15, -0.1) is 0 Å². The highest BCUT2D eigenvalue weighted by atomic mass is 16.4. The zero-order valence-electron chi connectivity index (χ0n) is 8.36. The van der Waals surface area contributed by atoms with E-state index >= 15 is 0 Å². The molecule has 0 saturated heterocycles. The third-order valence-corrected chi connectivity index (χ3v) is 3.51. The first-order valence-electron chi connectivity index (χ1n) is 5.38. The number of nitrogens with one attached hydrogen (secondary N) is 1. The van der Waals surface area contributed by atoms with E-state index < -0.39 is 12.0 Å². The van der Waals surface area contributed by atoms with Gasteiger partial charge in [0, 0.05) is 11.6 Å². The maximum absolute atomic E-state index is 11.1. The fraction of sp³-hybridized carbons (Fsp3) is 0.417. The molecule has 1 aromatic rings. The minimum Gasteiger partial charge on any atom is -0.480 e. The van der Waals surface area contributed by atoms with E-state index in [9.17, 15) is 4.79 Å². The summed E-state index contributed by atoms with van der Waals surface area (Å²) in [6.07, 6.45) is 3.19. The molecule has 1 aromatic carbocycles. The number of carboxylic acids is 1. The van der Waals surface area contributed by atoms with Gasteiger partial charge in [-0.2, -0.15) is 0 Å².